The first-order chi connectivity index (χ1) is 12.8. The summed E-state index contributed by atoms with van der Waals surface area (Å²) in [7, 11) is 0. The molecular formula is C18H13Cl2F2N3O2. The molecule has 3 amide bonds. The van der Waals surface area contributed by atoms with Gasteiger partial charge >= 0.3 is 6.03 Å². The highest BCUT2D eigenvalue weighted by Gasteiger charge is 2.32. The zero-order valence-electron chi connectivity index (χ0n) is 13.9. The Labute approximate surface area is 163 Å². The molecule has 0 bridgehead atoms. The van der Waals surface area contributed by atoms with Crippen LogP contribution in [0.3, 0.4) is 0 Å². The van der Waals surface area contributed by atoms with Crippen molar-refractivity contribution in [1.82, 2.24) is 10.6 Å². The molecule has 9 heteroatoms. The summed E-state index contributed by atoms with van der Waals surface area (Å²) in [6.07, 6.45) is 0. The molecule has 0 aliphatic carbocycles. The summed E-state index contributed by atoms with van der Waals surface area (Å²) in [5, 5.41) is 8.08. The van der Waals surface area contributed by atoms with Gasteiger partial charge in [-0.2, -0.15) is 0 Å². The Balaban J connectivity index is 1.99. The second-order valence-corrected chi connectivity index (χ2v) is 6.58. The molecule has 2 aromatic carbocycles. The maximum atomic E-state index is 13.4. The van der Waals surface area contributed by atoms with Gasteiger partial charge in [-0.25, -0.2) is 13.6 Å². The second-order valence-electron chi connectivity index (χ2n) is 5.80. The smallest absolute Gasteiger partial charge is 0.319 e. The molecule has 1 atom stereocenters. The number of carbonyl (C=O) groups excluding carboxylic acids is 2. The van der Waals surface area contributed by atoms with Gasteiger partial charge in [0.1, 0.15) is 0 Å². The van der Waals surface area contributed by atoms with Crippen LogP contribution < -0.4 is 16.0 Å². The Morgan fingerprint density at radius 3 is 2.59 bits per heavy atom. The molecule has 27 heavy (non-hydrogen) atoms. The predicted octanol–water partition coefficient (Wildman–Crippen LogP) is 4.54. The Hall–Kier alpha value is -2.64. The van der Waals surface area contributed by atoms with Crippen LogP contribution in [0, 0.1) is 11.6 Å². The van der Waals surface area contributed by atoms with Crippen LogP contribution >= 0.6 is 23.2 Å². The largest absolute Gasteiger partial charge is 0.327 e. The van der Waals surface area contributed by atoms with Gasteiger partial charge in [-0.1, -0.05) is 35.3 Å². The molecule has 1 heterocycles. The van der Waals surface area contributed by atoms with Crippen LogP contribution in [0.2, 0.25) is 10.0 Å². The SMILES string of the molecule is CC1=C(C(=O)Nc2ccc(F)c(F)c2)[C@H](c2cccc(Cl)c2Cl)NC(=O)N1. The second kappa shape index (κ2) is 7.54. The van der Waals surface area contributed by atoms with Crippen LogP contribution in [0.5, 0.6) is 0 Å². The van der Waals surface area contributed by atoms with Crippen molar-refractivity contribution in [2.24, 2.45) is 0 Å². The van der Waals surface area contributed by atoms with Crippen molar-refractivity contribution in [1.29, 1.82) is 0 Å². The third-order valence-corrected chi connectivity index (χ3v) is 4.82. The number of allylic oxidation sites excluding steroid dienone is 1. The van der Waals surface area contributed by atoms with E-state index in [0.717, 1.165) is 12.1 Å². The van der Waals surface area contributed by atoms with Gasteiger partial charge in [0, 0.05) is 17.5 Å². The van der Waals surface area contributed by atoms with E-state index < -0.39 is 29.6 Å². The van der Waals surface area contributed by atoms with E-state index in [-0.39, 0.29) is 21.3 Å². The minimum atomic E-state index is -1.09. The predicted molar refractivity (Wildman–Crippen MR) is 98.6 cm³/mol. The minimum absolute atomic E-state index is 0.0621. The molecule has 140 valence electrons. The van der Waals surface area contributed by atoms with Crippen LogP contribution in [0.25, 0.3) is 0 Å². The van der Waals surface area contributed by atoms with Gasteiger partial charge in [0.25, 0.3) is 5.91 Å². The van der Waals surface area contributed by atoms with Crippen molar-refractivity contribution < 1.29 is 18.4 Å². The normalized spacial score (nSPS) is 16.6. The van der Waals surface area contributed by atoms with Gasteiger partial charge in [0.05, 0.1) is 21.7 Å². The standard InChI is InChI=1S/C18H13Cl2F2N3O2/c1-8-14(17(26)24-9-5-6-12(21)13(22)7-9)16(25-18(27)23-8)10-3-2-4-11(19)15(10)20/h2-7,16H,1H3,(H,24,26)(H2,23,25,27)/t16-/m0/s1. The number of nitrogens with one attached hydrogen (secondary N) is 3. The summed E-state index contributed by atoms with van der Waals surface area (Å²) in [5.74, 6) is -2.74. The van der Waals surface area contributed by atoms with Gasteiger partial charge < -0.3 is 16.0 Å². The highest BCUT2D eigenvalue weighted by molar-refractivity contribution is 6.42. The van der Waals surface area contributed by atoms with E-state index in [2.05, 4.69) is 16.0 Å². The Bertz CT molecular complexity index is 979. The zero-order chi connectivity index (χ0) is 19.7. The molecule has 1 aliphatic rings. The van der Waals surface area contributed by atoms with Crippen molar-refractivity contribution in [3.8, 4) is 0 Å². The fraction of sp³-hybridized carbons (Fsp3) is 0.111. The van der Waals surface area contributed by atoms with Gasteiger partial charge in [-0.3, -0.25) is 4.79 Å². The van der Waals surface area contributed by atoms with Crippen molar-refractivity contribution in [3.63, 3.8) is 0 Å². The third-order valence-electron chi connectivity index (χ3n) is 3.98. The molecule has 0 saturated carbocycles. The molecule has 3 rings (SSSR count). The number of hydrogen-bond acceptors (Lipinski definition) is 2. The molecule has 5 nitrogen and oxygen atoms in total. The lowest BCUT2D eigenvalue weighted by molar-refractivity contribution is -0.113. The highest BCUT2D eigenvalue weighted by Crippen LogP contribution is 2.35. The number of rotatable bonds is 3. The van der Waals surface area contributed by atoms with Crippen molar-refractivity contribution >= 4 is 40.8 Å². The average Bonchev–Trinajstić information content (AvgIpc) is 2.59. The van der Waals surface area contributed by atoms with E-state index >= 15 is 0 Å². The highest BCUT2D eigenvalue weighted by atomic mass is 35.5. The average molecular weight is 412 g/mol. The molecular weight excluding hydrogens is 399 g/mol. The molecule has 0 unspecified atom stereocenters. The topological polar surface area (TPSA) is 70.2 Å². The van der Waals surface area contributed by atoms with Gasteiger partial charge in [-0.05, 0) is 30.7 Å². The van der Waals surface area contributed by atoms with Gasteiger partial charge in [0.15, 0.2) is 11.6 Å². The number of hydrogen-bond donors (Lipinski definition) is 3. The lowest BCUT2D eigenvalue weighted by Crippen LogP contribution is -2.46. The summed E-state index contributed by atoms with van der Waals surface area (Å²) >= 11 is 12.3. The molecule has 0 radical (unpaired) electrons. The van der Waals surface area contributed by atoms with Crippen molar-refractivity contribution in [2.75, 3.05) is 5.32 Å². The van der Waals surface area contributed by atoms with Crippen molar-refractivity contribution in [3.05, 3.63) is 74.9 Å². The first-order valence-corrected chi connectivity index (χ1v) is 8.52. The van der Waals surface area contributed by atoms with Crippen LogP contribution in [-0.4, -0.2) is 11.9 Å². The number of urea groups is 1. The molecule has 1 aliphatic heterocycles. The maximum absolute atomic E-state index is 13.4. The van der Waals surface area contributed by atoms with E-state index in [4.69, 9.17) is 23.2 Å². The number of amides is 3. The molecule has 0 spiro atoms. The van der Waals surface area contributed by atoms with Crippen molar-refractivity contribution in [2.45, 2.75) is 13.0 Å². The fourth-order valence-corrected chi connectivity index (χ4v) is 3.16. The first-order valence-electron chi connectivity index (χ1n) is 7.76. The lowest BCUT2D eigenvalue weighted by atomic mass is 9.94. The number of anilines is 1. The lowest BCUT2D eigenvalue weighted by Gasteiger charge is -2.29. The van der Waals surface area contributed by atoms with Crippen LogP contribution in [0.4, 0.5) is 19.3 Å². The minimum Gasteiger partial charge on any atom is -0.327 e. The van der Waals surface area contributed by atoms with E-state index in [1.54, 1.807) is 25.1 Å². The van der Waals surface area contributed by atoms with E-state index in [1.165, 1.54) is 6.07 Å². The Morgan fingerprint density at radius 1 is 1.15 bits per heavy atom. The third kappa shape index (κ3) is 3.89. The van der Waals surface area contributed by atoms with Crippen LogP contribution in [0.1, 0.15) is 18.5 Å². The molecule has 0 fully saturated rings. The molecule has 0 aromatic heterocycles. The Morgan fingerprint density at radius 2 is 1.89 bits per heavy atom. The van der Waals surface area contributed by atoms with Gasteiger partial charge in [0.2, 0.25) is 0 Å². The molecule has 2 aromatic rings. The first kappa shape index (κ1) is 19.1. The van der Waals surface area contributed by atoms with Crippen LogP contribution in [0.15, 0.2) is 47.7 Å². The number of benzene rings is 2. The van der Waals surface area contributed by atoms with E-state index in [9.17, 15) is 18.4 Å². The monoisotopic (exact) mass is 411 g/mol. The van der Waals surface area contributed by atoms with Gasteiger partial charge in [-0.15, -0.1) is 0 Å². The Kier molecular flexibility index (Phi) is 5.34. The maximum Gasteiger partial charge on any atom is 0.319 e. The molecule has 3 N–H and O–H groups in total. The number of halogens is 4. The summed E-state index contributed by atoms with van der Waals surface area (Å²) in [6, 6.07) is 6.43. The quantitative estimate of drug-likeness (QED) is 0.693. The van der Waals surface area contributed by atoms with E-state index in [0.29, 0.717) is 11.3 Å². The van der Waals surface area contributed by atoms with E-state index in [1.807, 2.05) is 0 Å². The summed E-state index contributed by atoms with van der Waals surface area (Å²) in [6.45, 7) is 1.55. The summed E-state index contributed by atoms with van der Waals surface area (Å²) < 4.78 is 26.5. The number of carbonyl (C=O) groups is 2. The zero-order valence-corrected chi connectivity index (χ0v) is 15.4. The fourth-order valence-electron chi connectivity index (χ4n) is 2.74. The summed E-state index contributed by atoms with van der Waals surface area (Å²) in [5.41, 5.74) is 0.934. The summed E-state index contributed by atoms with van der Waals surface area (Å²) in [4.78, 5) is 24.7. The molecule has 0 saturated heterocycles. The van der Waals surface area contributed by atoms with Crippen LogP contribution in [-0.2, 0) is 4.79 Å².